The van der Waals surface area contributed by atoms with Crippen LogP contribution in [0.4, 0.5) is 4.79 Å². The number of hydrogen-bond donors (Lipinski definition) is 4. The molecule has 4 N–H and O–H groups in total. The van der Waals surface area contributed by atoms with Crippen molar-refractivity contribution >= 4 is 17.9 Å². The fourth-order valence-corrected chi connectivity index (χ4v) is 6.49. The Hall–Kier alpha value is -5.47. The predicted molar refractivity (Wildman–Crippen MR) is 196 cm³/mol. The van der Waals surface area contributed by atoms with Crippen LogP contribution in [0.2, 0.25) is 0 Å². The Kier molecular flexibility index (Phi) is 11.9. The van der Waals surface area contributed by atoms with Crippen molar-refractivity contribution in [3.05, 3.63) is 48.4 Å². The second-order valence-corrected chi connectivity index (χ2v) is 13.9. The van der Waals surface area contributed by atoms with E-state index in [0.717, 1.165) is 55.6 Å². The smallest absolute Gasteiger partial charge is 0.407 e. The van der Waals surface area contributed by atoms with Gasteiger partial charge in [0.05, 0.1) is 43.1 Å². The molecule has 2 aliphatic rings. The van der Waals surface area contributed by atoms with Crippen molar-refractivity contribution in [3.8, 4) is 45.9 Å². The lowest BCUT2D eigenvalue weighted by Gasteiger charge is -2.30. The molecule has 4 atom stereocenters. The summed E-state index contributed by atoms with van der Waals surface area (Å²) in [5, 5.41) is 5.73. The van der Waals surface area contributed by atoms with Gasteiger partial charge in [0, 0.05) is 31.5 Å². The number of ether oxygens (including phenoxy) is 3. The van der Waals surface area contributed by atoms with Gasteiger partial charge >= 0.3 is 6.09 Å². The summed E-state index contributed by atoms with van der Waals surface area (Å²) in [6.45, 7) is 9.33. The van der Waals surface area contributed by atoms with Crippen LogP contribution in [0.25, 0.3) is 22.6 Å². The van der Waals surface area contributed by atoms with Gasteiger partial charge in [-0.25, -0.2) is 24.7 Å². The van der Waals surface area contributed by atoms with E-state index in [1.54, 1.807) is 23.5 Å². The summed E-state index contributed by atoms with van der Waals surface area (Å²) in [4.78, 5) is 64.5. The van der Waals surface area contributed by atoms with Crippen LogP contribution in [0.5, 0.6) is 23.3 Å². The third-order valence-corrected chi connectivity index (χ3v) is 10.1. The molecule has 0 aliphatic carbocycles. The molecule has 5 heterocycles. The Bertz CT molecular complexity index is 1910. The Morgan fingerprint density at radius 3 is 2.58 bits per heavy atom. The molecule has 3 aromatic heterocycles. The number of rotatable bonds is 15. The quantitative estimate of drug-likeness (QED) is 0.0871. The molecule has 15 heteroatoms. The van der Waals surface area contributed by atoms with E-state index >= 15 is 0 Å². The van der Waals surface area contributed by atoms with Gasteiger partial charge in [-0.05, 0) is 55.7 Å². The number of likely N-dealkylation sites (tertiary alicyclic amines) is 1. The lowest BCUT2D eigenvalue weighted by atomic mass is 9.97. The van der Waals surface area contributed by atoms with E-state index in [9.17, 15) is 14.4 Å². The number of aryl methyl sites for hydroxylation is 1. The topological polar surface area (TPSA) is 189 Å². The first kappa shape index (κ1) is 37.3. The molecular formula is C38H49N9O6. The Morgan fingerprint density at radius 1 is 0.981 bits per heavy atom. The molecule has 0 radical (unpaired) electrons. The highest BCUT2D eigenvalue weighted by Crippen LogP contribution is 2.45. The number of amides is 3. The molecule has 0 bridgehead atoms. The standard InChI is InChI=1S/C38H49N9O6/c1-6-22(3)17-32(48)39-15-9-8-12-31-40-19-25(43-31)24-13-14-29-30(18-24)53-35-36(52-29)45-27(21-42-35)26-20-41-34(44-26)28-11-10-16-47(28)37(49)33(23(4)7-2)46-38(50)51-5/h13-14,18-23,28,33H,6-12,15-17H2,1-5H3,(H,39,48)(H,40,43)(H,41,44)(H,46,50). The summed E-state index contributed by atoms with van der Waals surface area (Å²) >= 11 is 0. The molecule has 0 saturated carbocycles. The molecule has 0 spiro atoms. The molecule has 282 valence electrons. The number of H-pyrrole nitrogens is 2. The van der Waals surface area contributed by atoms with Crippen LogP contribution >= 0.6 is 0 Å². The average molecular weight is 728 g/mol. The van der Waals surface area contributed by atoms with Gasteiger partial charge in [0.2, 0.25) is 11.8 Å². The number of aromatic nitrogens is 6. The summed E-state index contributed by atoms with van der Waals surface area (Å²) in [6, 6.07) is 4.64. The highest BCUT2D eigenvalue weighted by atomic mass is 16.6. The van der Waals surface area contributed by atoms with Crippen LogP contribution in [0.15, 0.2) is 36.8 Å². The summed E-state index contributed by atoms with van der Waals surface area (Å²) in [5.74, 6) is 3.26. The van der Waals surface area contributed by atoms with Crippen molar-refractivity contribution in [2.75, 3.05) is 20.2 Å². The average Bonchev–Trinajstić information content (AvgIpc) is 3.96. The van der Waals surface area contributed by atoms with Crippen molar-refractivity contribution < 1.29 is 28.6 Å². The number of benzene rings is 1. The summed E-state index contributed by atoms with van der Waals surface area (Å²) in [7, 11) is 1.29. The predicted octanol–water partition coefficient (Wildman–Crippen LogP) is 6.46. The Balaban J connectivity index is 1.06. The Morgan fingerprint density at radius 2 is 1.79 bits per heavy atom. The number of nitrogens with one attached hydrogen (secondary N) is 4. The number of aromatic amines is 2. The number of alkyl carbamates (subject to hydrolysis) is 1. The van der Waals surface area contributed by atoms with Crippen molar-refractivity contribution in [1.29, 1.82) is 0 Å². The number of unbranched alkanes of at least 4 members (excludes halogenated alkanes) is 1. The monoisotopic (exact) mass is 727 g/mol. The number of carbonyl (C=O) groups is 3. The van der Waals surface area contributed by atoms with Gasteiger partial charge in [-0.1, -0.05) is 40.5 Å². The number of carbonyl (C=O) groups excluding carboxylic acids is 3. The van der Waals surface area contributed by atoms with Gasteiger partial charge in [0.1, 0.15) is 23.4 Å². The van der Waals surface area contributed by atoms with E-state index in [-0.39, 0.29) is 35.5 Å². The van der Waals surface area contributed by atoms with Crippen molar-refractivity contribution in [2.24, 2.45) is 11.8 Å². The largest absolute Gasteiger partial charge is 0.453 e. The van der Waals surface area contributed by atoms with E-state index in [1.165, 1.54) is 7.11 Å². The minimum absolute atomic E-state index is 0.0782. The minimum atomic E-state index is -0.705. The number of imidazole rings is 2. The van der Waals surface area contributed by atoms with E-state index in [0.29, 0.717) is 60.6 Å². The summed E-state index contributed by atoms with van der Waals surface area (Å²) < 4.78 is 17.0. The first-order valence-electron chi connectivity index (χ1n) is 18.5. The summed E-state index contributed by atoms with van der Waals surface area (Å²) in [5.41, 5.74) is 2.86. The van der Waals surface area contributed by atoms with Crippen LogP contribution in [0.1, 0.15) is 90.3 Å². The molecule has 4 aromatic rings. The SMILES string of the molecule is CCC(C)CC(=O)NCCCCc1ncc(-c2ccc3c(c2)Oc2ncc(-c4cnc(C5CCCN5C(=O)C(NC(=O)OC)C(C)CC)[nH]4)nc2O3)[nH]1. The van der Waals surface area contributed by atoms with Crippen molar-refractivity contribution in [1.82, 2.24) is 45.4 Å². The second-order valence-electron chi connectivity index (χ2n) is 13.9. The van der Waals surface area contributed by atoms with E-state index in [4.69, 9.17) is 14.2 Å². The lowest BCUT2D eigenvalue weighted by Crippen LogP contribution is -2.51. The summed E-state index contributed by atoms with van der Waals surface area (Å²) in [6.07, 6.45) is 10.8. The van der Waals surface area contributed by atoms with Crippen LogP contribution < -0.4 is 20.1 Å². The zero-order valence-corrected chi connectivity index (χ0v) is 31.0. The van der Waals surface area contributed by atoms with E-state index in [2.05, 4.69) is 54.4 Å². The van der Waals surface area contributed by atoms with Gasteiger partial charge in [0.25, 0.3) is 11.8 Å². The van der Waals surface area contributed by atoms with Gasteiger partial charge in [-0.3, -0.25) is 9.59 Å². The fraction of sp³-hybridized carbons (Fsp3) is 0.500. The van der Waals surface area contributed by atoms with Crippen molar-refractivity contribution in [3.63, 3.8) is 0 Å². The van der Waals surface area contributed by atoms with E-state index < -0.39 is 12.1 Å². The van der Waals surface area contributed by atoms with Crippen LogP contribution in [-0.4, -0.2) is 79.0 Å². The molecule has 6 rings (SSSR count). The number of fused-ring (bicyclic) bond motifs is 2. The number of nitrogens with zero attached hydrogens (tertiary/aromatic N) is 5. The van der Waals surface area contributed by atoms with Crippen LogP contribution in [0.3, 0.4) is 0 Å². The molecule has 4 unspecified atom stereocenters. The van der Waals surface area contributed by atoms with Crippen LogP contribution in [0, 0.1) is 11.8 Å². The number of methoxy groups -OCH3 is 1. The maximum atomic E-state index is 13.7. The fourth-order valence-electron chi connectivity index (χ4n) is 6.49. The number of hydrogen-bond acceptors (Lipinski definition) is 10. The van der Waals surface area contributed by atoms with Crippen molar-refractivity contribution in [2.45, 2.75) is 91.1 Å². The maximum Gasteiger partial charge on any atom is 0.407 e. The van der Waals surface area contributed by atoms with Crippen LogP contribution in [-0.2, 0) is 20.7 Å². The third kappa shape index (κ3) is 8.78. The van der Waals surface area contributed by atoms with Gasteiger partial charge < -0.3 is 39.7 Å². The second kappa shape index (κ2) is 16.9. The molecule has 3 amide bonds. The maximum absolute atomic E-state index is 13.7. The molecule has 53 heavy (non-hydrogen) atoms. The van der Waals surface area contributed by atoms with Gasteiger partial charge in [-0.2, -0.15) is 0 Å². The highest BCUT2D eigenvalue weighted by molar-refractivity contribution is 5.86. The normalized spacial score (nSPS) is 16.4. The minimum Gasteiger partial charge on any atom is -0.453 e. The molecule has 2 aliphatic heterocycles. The van der Waals surface area contributed by atoms with Gasteiger partial charge in [0.15, 0.2) is 11.5 Å². The third-order valence-electron chi connectivity index (χ3n) is 10.1. The molecular weight excluding hydrogens is 678 g/mol. The first-order valence-corrected chi connectivity index (χ1v) is 18.5. The zero-order valence-electron chi connectivity index (χ0n) is 31.0. The molecule has 1 saturated heterocycles. The molecule has 15 nitrogen and oxygen atoms in total. The highest BCUT2D eigenvalue weighted by Gasteiger charge is 2.38. The Labute approximate surface area is 309 Å². The first-order chi connectivity index (χ1) is 25.7. The molecule has 1 aromatic carbocycles. The lowest BCUT2D eigenvalue weighted by molar-refractivity contribution is -0.135. The molecule has 1 fully saturated rings. The zero-order chi connectivity index (χ0) is 37.5. The van der Waals surface area contributed by atoms with Gasteiger partial charge in [-0.15, -0.1) is 0 Å². The van der Waals surface area contributed by atoms with E-state index in [1.807, 2.05) is 32.0 Å².